The highest BCUT2D eigenvalue weighted by atomic mass is 16.3. The molecule has 2 heteroatoms. The monoisotopic (exact) mass is 268 g/mol. The van der Waals surface area contributed by atoms with Crippen LogP contribution in [-0.2, 0) is 0 Å². The van der Waals surface area contributed by atoms with Gasteiger partial charge in [0.05, 0.1) is 6.10 Å². The minimum absolute atomic E-state index is 0.0579. The van der Waals surface area contributed by atoms with E-state index in [4.69, 9.17) is 10.2 Å². The van der Waals surface area contributed by atoms with Crippen molar-refractivity contribution < 1.29 is 10.2 Å². The van der Waals surface area contributed by atoms with Gasteiger partial charge in [0.15, 0.2) is 0 Å². The van der Waals surface area contributed by atoms with Gasteiger partial charge in [0.2, 0.25) is 0 Å². The summed E-state index contributed by atoms with van der Waals surface area (Å²) >= 11 is 0. The maximum absolute atomic E-state index is 9.05. The molecule has 1 fully saturated rings. The summed E-state index contributed by atoms with van der Waals surface area (Å²) in [6, 6.07) is 0. The van der Waals surface area contributed by atoms with Gasteiger partial charge >= 0.3 is 0 Å². The Hall–Kier alpha value is -0.340. The molecule has 0 aromatic rings. The van der Waals surface area contributed by atoms with Gasteiger partial charge < -0.3 is 10.2 Å². The maximum atomic E-state index is 9.05. The van der Waals surface area contributed by atoms with Crippen molar-refractivity contribution >= 4 is 0 Å². The summed E-state index contributed by atoms with van der Waals surface area (Å²) in [6.45, 7) is 6.58. The van der Waals surface area contributed by atoms with Gasteiger partial charge in [-0.1, -0.05) is 31.4 Å². The standard InChI is InChI=1S/C10H18O.C7H14O/c1-8-3-5-10(6-4-8)9(2)7-11;1-6(8)7-4-2-3-5-7/h3,9-11H,4-7H2,1-2H3;6-8H,2-5H2,1H3. The number of aliphatic hydroxyl groups is 2. The second-order valence-corrected chi connectivity index (χ2v) is 6.53. The Morgan fingerprint density at radius 3 is 2.16 bits per heavy atom. The fourth-order valence-corrected chi connectivity index (χ4v) is 3.09. The number of allylic oxidation sites excluding steroid dienone is 2. The van der Waals surface area contributed by atoms with Crippen molar-refractivity contribution in [1.29, 1.82) is 0 Å². The highest BCUT2D eigenvalue weighted by Gasteiger charge is 2.19. The summed E-state index contributed by atoms with van der Waals surface area (Å²) in [4.78, 5) is 0. The molecule has 3 unspecified atom stereocenters. The van der Waals surface area contributed by atoms with Gasteiger partial charge in [-0.25, -0.2) is 0 Å². The second-order valence-electron chi connectivity index (χ2n) is 6.53. The Kier molecular flexibility index (Phi) is 7.70. The van der Waals surface area contributed by atoms with Crippen molar-refractivity contribution in [3.63, 3.8) is 0 Å². The zero-order valence-electron chi connectivity index (χ0n) is 12.9. The number of hydrogen-bond donors (Lipinski definition) is 2. The van der Waals surface area contributed by atoms with E-state index in [9.17, 15) is 0 Å². The van der Waals surface area contributed by atoms with E-state index in [1.54, 1.807) is 0 Å². The van der Waals surface area contributed by atoms with E-state index in [2.05, 4.69) is 19.9 Å². The number of aliphatic hydroxyl groups excluding tert-OH is 2. The van der Waals surface area contributed by atoms with Crippen LogP contribution in [0.25, 0.3) is 0 Å². The molecule has 0 amide bonds. The lowest BCUT2D eigenvalue weighted by Gasteiger charge is -2.24. The quantitative estimate of drug-likeness (QED) is 0.762. The third-order valence-electron chi connectivity index (χ3n) is 4.85. The van der Waals surface area contributed by atoms with Gasteiger partial charge in [0.25, 0.3) is 0 Å². The molecule has 0 aromatic heterocycles. The maximum Gasteiger partial charge on any atom is 0.0540 e. The zero-order chi connectivity index (χ0) is 14.3. The van der Waals surface area contributed by atoms with Crippen molar-refractivity contribution in [2.24, 2.45) is 17.8 Å². The summed E-state index contributed by atoms with van der Waals surface area (Å²) in [5.41, 5.74) is 1.52. The molecule has 0 radical (unpaired) electrons. The van der Waals surface area contributed by atoms with E-state index in [0.717, 1.165) is 5.92 Å². The molecule has 0 aromatic carbocycles. The second kappa shape index (κ2) is 8.76. The highest BCUT2D eigenvalue weighted by Crippen LogP contribution is 2.28. The third kappa shape index (κ3) is 6.09. The van der Waals surface area contributed by atoms with Crippen molar-refractivity contribution in [1.82, 2.24) is 0 Å². The van der Waals surface area contributed by atoms with E-state index in [0.29, 0.717) is 18.4 Å². The lowest BCUT2D eigenvalue weighted by Crippen LogP contribution is -2.17. The topological polar surface area (TPSA) is 40.5 Å². The van der Waals surface area contributed by atoms with Gasteiger partial charge in [0.1, 0.15) is 0 Å². The minimum Gasteiger partial charge on any atom is -0.396 e. The first-order chi connectivity index (χ1) is 9.04. The molecular formula is C17H32O2. The summed E-state index contributed by atoms with van der Waals surface area (Å²) in [5, 5.41) is 18.0. The Labute approximate surface area is 118 Å². The SMILES string of the molecule is CC(O)C1CCCC1.CC1=CCC(C(C)CO)CC1. The molecule has 2 nitrogen and oxygen atoms in total. The minimum atomic E-state index is -0.0579. The van der Waals surface area contributed by atoms with Crippen molar-refractivity contribution in [2.45, 2.75) is 71.8 Å². The Morgan fingerprint density at radius 2 is 1.79 bits per heavy atom. The fourth-order valence-electron chi connectivity index (χ4n) is 3.09. The van der Waals surface area contributed by atoms with E-state index in [1.807, 2.05) is 6.92 Å². The van der Waals surface area contributed by atoms with Gasteiger partial charge in [0, 0.05) is 6.61 Å². The average molecular weight is 268 g/mol. The molecular weight excluding hydrogens is 236 g/mol. The molecule has 0 saturated heterocycles. The van der Waals surface area contributed by atoms with E-state index >= 15 is 0 Å². The highest BCUT2D eigenvalue weighted by molar-refractivity contribution is 5.03. The molecule has 1 saturated carbocycles. The van der Waals surface area contributed by atoms with Crippen LogP contribution in [0.2, 0.25) is 0 Å². The van der Waals surface area contributed by atoms with Crippen LogP contribution >= 0.6 is 0 Å². The van der Waals surface area contributed by atoms with Crippen LogP contribution in [0.3, 0.4) is 0 Å². The first-order valence-electron chi connectivity index (χ1n) is 7.99. The Balaban J connectivity index is 0.000000200. The molecule has 2 aliphatic carbocycles. The van der Waals surface area contributed by atoms with Crippen LogP contribution in [0.4, 0.5) is 0 Å². The summed E-state index contributed by atoms with van der Waals surface area (Å²) in [5.74, 6) is 1.83. The summed E-state index contributed by atoms with van der Waals surface area (Å²) in [6.07, 6.45) is 11.1. The normalized spacial score (nSPS) is 27.2. The van der Waals surface area contributed by atoms with Crippen LogP contribution in [0, 0.1) is 17.8 Å². The van der Waals surface area contributed by atoms with E-state index < -0.39 is 0 Å². The van der Waals surface area contributed by atoms with Crippen molar-refractivity contribution in [3.05, 3.63) is 11.6 Å². The van der Waals surface area contributed by atoms with E-state index in [1.165, 1.54) is 50.5 Å². The van der Waals surface area contributed by atoms with Crippen LogP contribution in [0.15, 0.2) is 11.6 Å². The average Bonchev–Trinajstić information content (AvgIpc) is 2.93. The molecule has 0 bridgehead atoms. The smallest absolute Gasteiger partial charge is 0.0540 e. The molecule has 2 N–H and O–H groups in total. The van der Waals surface area contributed by atoms with Crippen molar-refractivity contribution in [3.8, 4) is 0 Å². The van der Waals surface area contributed by atoms with Gasteiger partial charge in [-0.3, -0.25) is 0 Å². The van der Waals surface area contributed by atoms with Crippen LogP contribution in [0.5, 0.6) is 0 Å². The predicted octanol–water partition coefficient (Wildman–Crippen LogP) is 3.92. The first-order valence-corrected chi connectivity index (χ1v) is 7.99. The molecule has 0 spiro atoms. The molecule has 0 heterocycles. The number of rotatable bonds is 3. The lowest BCUT2D eigenvalue weighted by molar-refractivity contribution is 0.129. The molecule has 112 valence electrons. The fraction of sp³-hybridized carbons (Fsp3) is 0.882. The van der Waals surface area contributed by atoms with Crippen LogP contribution in [-0.4, -0.2) is 22.9 Å². The van der Waals surface area contributed by atoms with Gasteiger partial charge in [-0.05, 0) is 63.7 Å². The summed E-state index contributed by atoms with van der Waals surface area (Å²) < 4.78 is 0. The lowest BCUT2D eigenvalue weighted by atomic mass is 9.82. The number of hydrogen-bond acceptors (Lipinski definition) is 2. The van der Waals surface area contributed by atoms with Crippen LogP contribution < -0.4 is 0 Å². The molecule has 2 rings (SSSR count). The van der Waals surface area contributed by atoms with Gasteiger partial charge in [-0.2, -0.15) is 0 Å². The first kappa shape index (κ1) is 16.7. The summed E-state index contributed by atoms with van der Waals surface area (Å²) in [7, 11) is 0. The predicted molar refractivity (Wildman–Crippen MR) is 81.0 cm³/mol. The van der Waals surface area contributed by atoms with E-state index in [-0.39, 0.29) is 6.10 Å². The molecule has 19 heavy (non-hydrogen) atoms. The van der Waals surface area contributed by atoms with Crippen molar-refractivity contribution in [2.75, 3.05) is 6.61 Å². The Bertz CT molecular complexity index is 264. The van der Waals surface area contributed by atoms with Crippen LogP contribution in [0.1, 0.15) is 65.7 Å². The van der Waals surface area contributed by atoms with Gasteiger partial charge in [-0.15, -0.1) is 0 Å². The zero-order valence-corrected chi connectivity index (χ0v) is 12.9. The molecule has 0 aliphatic heterocycles. The molecule has 2 aliphatic rings. The Morgan fingerprint density at radius 1 is 1.16 bits per heavy atom. The third-order valence-corrected chi connectivity index (χ3v) is 4.85. The largest absolute Gasteiger partial charge is 0.396 e. The molecule has 3 atom stereocenters.